The average Bonchev–Trinajstić information content (AvgIpc) is 2.37. The molecular formula is C15H23FN2. The molecule has 1 N–H and O–H groups in total. The van der Waals surface area contributed by atoms with Crippen molar-refractivity contribution in [1.29, 1.82) is 0 Å². The number of aryl methyl sites for hydroxylation is 1. The van der Waals surface area contributed by atoms with Crippen LogP contribution in [0.1, 0.15) is 32.3 Å². The molecule has 1 aromatic carbocycles. The molecule has 100 valence electrons. The van der Waals surface area contributed by atoms with Crippen LogP contribution in [-0.2, 0) is 0 Å². The molecule has 18 heavy (non-hydrogen) atoms. The van der Waals surface area contributed by atoms with Gasteiger partial charge in [-0.05, 0) is 43.5 Å². The highest BCUT2D eigenvalue weighted by molar-refractivity contribution is 5.50. The van der Waals surface area contributed by atoms with Crippen molar-refractivity contribution in [3.8, 4) is 0 Å². The van der Waals surface area contributed by atoms with Gasteiger partial charge in [0.05, 0.1) is 0 Å². The minimum absolute atomic E-state index is 0.137. The van der Waals surface area contributed by atoms with Crippen molar-refractivity contribution in [1.82, 2.24) is 5.32 Å². The van der Waals surface area contributed by atoms with E-state index in [1.165, 1.54) is 0 Å². The van der Waals surface area contributed by atoms with Gasteiger partial charge in [-0.2, -0.15) is 0 Å². The first-order chi connectivity index (χ1) is 8.58. The molecule has 0 radical (unpaired) electrons. The molecule has 2 nitrogen and oxygen atoms in total. The van der Waals surface area contributed by atoms with Crippen LogP contribution >= 0.6 is 0 Å². The molecule has 1 aromatic rings. The fourth-order valence-electron chi connectivity index (χ4n) is 2.80. The summed E-state index contributed by atoms with van der Waals surface area (Å²) in [5.74, 6) is -0.137. The summed E-state index contributed by atoms with van der Waals surface area (Å²) in [7, 11) is 0. The van der Waals surface area contributed by atoms with E-state index in [2.05, 4.69) is 30.1 Å². The molecule has 0 spiro atoms. The Morgan fingerprint density at radius 1 is 1.28 bits per heavy atom. The number of hydrogen-bond donors (Lipinski definition) is 1. The minimum Gasteiger partial charge on any atom is -0.368 e. The summed E-state index contributed by atoms with van der Waals surface area (Å²) < 4.78 is 13.5. The summed E-state index contributed by atoms with van der Waals surface area (Å²) in [6, 6.07) is 5.30. The van der Waals surface area contributed by atoms with Crippen LogP contribution in [0.2, 0.25) is 0 Å². The number of rotatable bonds is 3. The molecule has 1 aliphatic heterocycles. The zero-order chi connectivity index (χ0) is 13.2. The number of piperazine rings is 1. The number of halogens is 1. The molecule has 0 bridgehead atoms. The van der Waals surface area contributed by atoms with Gasteiger partial charge in [-0.25, -0.2) is 4.39 Å². The van der Waals surface area contributed by atoms with E-state index in [0.29, 0.717) is 0 Å². The lowest BCUT2D eigenvalue weighted by atomic mass is 9.90. The van der Waals surface area contributed by atoms with E-state index in [-0.39, 0.29) is 11.4 Å². The molecule has 2 rings (SSSR count). The van der Waals surface area contributed by atoms with Crippen LogP contribution in [0.15, 0.2) is 18.2 Å². The van der Waals surface area contributed by atoms with Crippen LogP contribution in [0.4, 0.5) is 10.1 Å². The van der Waals surface area contributed by atoms with Crippen LogP contribution in [0.5, 0.6) is 0 Å². The zero-order valence-electron chi connectivity index (χ0n) is 11.6. The van der Waals surface area contributed by atoms with Crippen LogP contribution in [0, 0.1) is 12.7 Å². The first kappa shape index (κ1) is 13.3. The molecule has 0 atom stereocenters. The Morgan fingerprint density at radius 2 is 2.00 bits per heavy atom. The summed E-state index contributed by atoms with van der Waals surface area (Å²) >= 11 is 0. The topological polar surface area (TPSA) is 15.3 Å². The highest BCUT2D eigenvalue weighted by Gasteiger charge is 2.31. The Kier molecular flexibility index (Phi) is 3.91. The molecule has 3 heteroatoms. The summed E-state index contributed by atoms with van der Waals surface area (Å²) in [6.45, 7) is 9.26. The van der Waals surface area contributed by atoms with Crippen LogP contribution in [0.25, 0.3) is 0 Å². The maximum atomic E-state index is 13.5. The molecule has 1 heterocycles. The zero-order valence-corrected chi connectivity index (χ0v) is 11.6. The number of benzene rings is 1. The van der Waals surface area contributed by atoms with E-state index in [1.54, 1.807) is 12.1 Å². The summed E-state index contributed by atoms with van der Waals surface area (Å²) in [5, 5.41) is 3.63. The number of hydrogen-bond acceptors (Lipinski definition) is 2. The van der Waals surface area contributed by atoms with Crippen LogP contribution in [-0.4, -0.2) is 25.2 Å². The highest BCUT2D eigenvalue weighted by Crippen LogP contribution is 2.25. The van der Waals surface area contributed by atoms with E-state index >= 15 is 0 Å². The van der Waals surface area contributed by atoms with Crippen LogP contribution < -0.4 is 10.2 Å². The highest BCUT2D eigenvalue weighted by atomic mass is 19.1. The maximum Gasteiger partial charge on any atom is 0.125 e. The summed E-state index contributed by atoms with van der Waals surface area (Å²) in [5.41, 5.74) is 2.18. The molecule has 0 saturated carbocycles. The SMILES string of the molecule is CCC1(CC)CN(c2cc(C)cc(F)c2)CCN1. The summed E-state index contributed by atoms with van der Waals surface area (Å²) in [6.07, 6.45) is 2.21. The molecule has 0 aromatic heterocycles. The lowest BCUT2D eigenvalue weighted by Crippen LogP contribution is -2.60. The van der Waals surface area contributed by atoms with Crippen LogP contribution in [0.3, 0.4) is 0 Å². The van der Waals surface area contributed by atoms with Gasteiger partial charge in [0.25, 0.3) is 0 Å². The van der Waals surface area contributed by atoms with Crippen molar-refractivity contribution < 1.29 is 4.39 Å². The van der Waals surface area contributed by atoms with Gasteiger partial charge in [0.1, 0.15) is 5.82 Å². The van der Waals surface area contributed by atoms with E-state index in [0.717, 1.165) is 43.7 Å². The molecule has 1 saturated heterocycles. The smallest absolute Gasteiger partial charge is 0.125 e. The Labute approximate surface area is 109 Å². The van der Waals surface area contributed by atoms with Crippen molar-refractivity contribution >= 4 is 5.69 Å². The van der Waals surface area contributed by atoms with E-state index in [1.807, 2.05) is 6.92 Å². The Hall–Kier alpha value is -1.09. The Bertz CT molecular complexity index is 393. The van der Waals surface area contributed by atoms with Crippen molar-refractivity contribution in [2.45, 2.75) is 39.2 Å². The van der Waals surface area contributed by atoms with Gasteiger partial charge in [0.15, 0.2) is 0 Å². The van der Waals surface area contributed by atoms with E-state index in [9.17, 15) is 4.39 Å². The second-order valence-electron chi connectivity index (χ2n) is 5.32. The lowest BCUT2D eigenvalue weighted by molar-refractivity contribution is 0.277. The second kappa shape index (κ2) is 5.27. The molecule has 1 aliphatic rings. The fraction of sp³-hybridized carbons (Fsp3) is 0.600. The van der Waals surface area contributed by atoms with Crippen molar-refractivity contribution in [2.24, 2.45) is 0 Å². The van der Waals surface area contributed by atoms with Crippen molar-refractivity contribution in [2.75, 3.05) is 24.5 Å². The molecule has 0 aliphatic carbocycles. The van der Waals surface area contributed by atoms with Gasteiger partial charge in [-0.15, -0.1) is 0 Å². The van der Waals surface area contributed by atoms with E-state index in [4.69, 9.17) is 0 Å². The summed E-state index contributed by atoms with van der Waals surface area (Å²) in [4.78, 5) is 2.31. The van der Waals surface area contributed by atoms with Gasteiger partial charge in [-0.3, -0.25) is 0 Å². The molecular weight excluding hydrogens is 227 g/mol. The molecule has 1 fully saturated rings. The predicted octanol–water partition coefficient (Wildman–Crippen LogP) is 3.10. The van der Waals surface area contributed by atoms with Gasteiger partial charge in [0, 0.05) is 30.9 Å². The Morgan fingerprint density at radius 3 is 2.61 bits per heavy atom. The standard InChI is InChI=1S/C15H23FN2/c1-4-15(5-2)11-18(7-6-17-15)14-9-12(3)8-13(16)10-14/h8-10,17H,4-7,11H2,1-3H3. The van der Waals surface area contributed by atoms with Gasteiger partial charge >= 0.3 is 0 Å². The average molecular weight is 250 g/mol. The third-order valence-electron chi connectivity index (χ3n) is 4.12. The fourth-order valence-corrected chi connectivity index (χ4v) is 2.80. The molecule has 0 amide bonds. The normalized spacial score (nSPS) is 19.0. The number of anilines is 1. The van der Waals surface area contributed by atoms with Crippen molar-refractivity contribution in [3.63, 3.8) is 0 Å². The van der Waals surface area contributed by atoms with E-state index < -0.39 is 0 Å². The maximum absolute atomic E-state index is 13.5. The number of nitrogens with zero attached hydrogens (tertiary/aromatic N) is 1. The second-order valence-corrected chi connectivity index (χ2v) is 5.32. The van der Waals surface area contributed by atoms with Gasteiger partial charge in [-0.1, -0.05) is 13.8 Å². The predicted molar refractivity (Wildman–Crippen MR) is 74.7 cm³/mol. The van der Waals surface area contributed by atoms with Crippen molar-refractivity contribution in [3.05, 3.63) is 29.6 Å². The Balaban J connectivity index is 2.22. The minimum atomic E-state index is -0.137. The third-order valence-corrected chi connectivity index (χ3v) is 4.12. The quantitative estimate of drug-likeness (QED) is 0.886. The largest absolute Gasteiger partial charge is 0.368 e. The lowest BCUT2D eigenvalue weighted by Gasteiger charge is -2.44. The van der Waals surface area contributed by atoms with Gasteiger partial charge < -0.3 is 10.2 Å². The first-order valence-corrected chi connectivity index (χ1v) is 6.86. The monoisotopic (exact) mass is 250 g/mol. The first-order valence-electron chi connectivity index (χ1n) is 6.86. The van der Waals surface area contributed by atoms with Gasteiger partial charge in [0.2, 0.25) is 0 Å². The third kappa shape index (κ3) is 2.66. The molecule has 0 unspecified atom stereocenters. The number of nitrogens with one attached hydrogen (secondary N) is 1.